The zero-order chi connectivity index (χ0) is 16.6. The number of unbranched alkanes of at least 4 members (excludes halogenated alkanes) is 8. The van der Waals surface area contributed by atoms with E-state index in [1.807, 2.05) is 10.8 Å². The molecular weight excluding hydrogens is 335 g/mol. The largest absolute Gasteiger partial charge is 0.0654 e. The average molecular weight is 371 g/mol. The smallest absolute Gasteiger partial charge is 0.0186 e. The summed E-state index contributed by atoms with van der Waals surface area (Å²) in [4.78, 5) is 1.42. The number of rotatable bonds is 15. The van der Waals surface area contributed by atoms with Crippen molar-refractivity contribution in [1.82, 2.24) is 0 Å². The van der Waals surface area contributed by atoms with Gasteiger partial charge in [-0.25, -0.2) is 0 Å². The van der Waals surface area contributed by atoms with Crippen LogP contribution in [0.5, 0.6) is 0 Å². The summed E-state index contributed by atoms with van der Waals surface area (Å²) in [5.74, 6) is 0. The van der Waals surface area contributed by atoms with Gasteiger partial charge in [-0.2, -0.15) is 0 Å². The first-order chi connectivity index (χ1) is 11.4. The predicted octanol–water partition coefficient (Wildman–Crippen LogP) is 8.76. The number of benzene rings is 1. The summed E-state index contributed by atoms with van der Waals surface area (Å²) >= 11 is 0. The van der Waals surface area contributed by atoms with Gasteiger partial charge < -0.3 is 0 Å². The molecule has 0 spiro atoms. The lowest BCUT2D eigenvalue weighted by molar-refractivity contribution is 0.653. The standard InChI is InChI=1S/C20H35PS2/c1-3-5-7-9-14-18-21(19-15-10-8-6-4-2)23-22-20-16-12-11-13-17-20/h11-13,16-17H,3-10,14-15,18-19H2,1-2H3. The van der Waals surface area contributed by atoms with Crippen LogP contribution in [0.4, 0.5) is 0 Å². The van der Waals surface area contributed by atoms with Gasteiger partial charge in [0, 0.05) is 4.90 Å². The second kappa shape index (κ2) is 15.9. The minimum absolute atomic E-state index is 0.154. The lowest BCUT2D eigenvalue weighted by Gasteiger charge is -2.16. The van der Waals surface area contributed by atoms with Crippen LogP contribution in [-0.2, 0) is 0 Å². The molecule has 0 aliphatic heterocycles. The maximum atomic E-state index is 2.30. The highest BCUT2D eigenvalue weighted by Crippen LogP contribution is 2.59. The molecule has 132 valence electrons. The molecule has 0 heterocycles. The minimum Gasteiger partial charge on any atom is -0.0654 e. The molecule has 0 nitrogen and oxygen atoms in total. The van der Waals surface area contributed by atoms with Crippen molar-refractivity contribution in [3.8, 4) is 0 Å². The van der Waals surface area contributed by atoms with Crippen molar-refractivity contribution in [2.75, 3.05) is 12.3 Å². The summed E-state index contributed by atoms with van der Waals surface area (Å²) in [6.45, 7) is 4.60. The van der Waals surface area contributed by atoms with Crippen LogP contribution in [0, 0.1) is 0 Å². The van der Waals surface area contributed by atoms with Gasteiger partial charge >= 0.3 is 0 Å². The van der Waals surface area contributed by atoms with Crippen LogP contribution in [0.15, 0.2) is 35.2 Å². The van der Waals surface area contributed by atoms with E-state index in [1.165, 1.54) is 81.4 Å². The first-order valence-electron chi connectivity index (χ1n) is 9.51. The second-order valence-electron chi connectivity index (χ2n) is 6.23. The van der Waals surface area contributed by atoms with Crippen LogP contribution in [0.2, 0.25) is 0 Å². The molecule has 0 aromatic heterocycles. The molecule has 0 amide bonds. The molecule has 0 radical (unpaired) electrons. The maximum absolute atomic E-state index is 2.30. The third kappa shape index (κ3) is 12.4. The Balaban J connectivity index is 2.25. The zero-order valence-corrected chi connectivity index (χ0v) is 17.7. The Labute approximate surface area is 153 Å². The Kier molecular flexibility index (Phi) is 14.7. The van der Waals surface area contributed by atoms with Gasteiger partial charge in [0.1, 0.15) is 0 Å². The zero-order valence-electron chi connectivity index (χ0n) is 15.1. The van der Waals surface area contributed by atoms with Crippen LogP contribution in [0.1, 0.15) is 78.1 Å². The van der Waals surface area contributed by atoms with Gasteiger partial charge in [0.15, 0.2) is 0 Å². The van der Waals surface area contributed by atoms with Crippen molar-refractivity contribution in [3.05, 3.63) is 30.3 Å². The van der Waals surface area contributed by atoms with E-state index in [1.54, 1.807) is 0 Å². The molecular formula is C20H35PS2. The monoisotopic (exact) mass is 370 g/mol. The minimum atomic E-state index is 0.154. The highest BCUT2D eigenvalue weighted by Gasteiger charge is 2.10. The van der Waals surface area contributed by atoms with Crippen molar-refractivity contribution in [2.45, 2.75) is 83.0 Å². The highest BCUT2D eigenvalue weighted by atomic mass is 33.3. The molecule has 0 aliphatic rings. The first kappa shape index (κ1) is 21.4. The van der Waals surface area contributed by atoms with Crippen molar-refractivity contribution >= 4 is 28.3 Å². The quantitative estimate of drug-likeness (QED) is 0.172. The van der Waals surface area contributed by atoms with Crippen LogP contribution in [0.25, 0.3) is 0 Å². The molecule has 0 aliphatic carbocycles. The van der Waals surface area contributed by atoms with Crippen molar-refractivity contribution in [1.29, 1.82) is 0 Å². The van der Waals surface area contributed by atoms with Crippen molar-refractivity contribution in [3.63, 3.8) is 0 Å². The van der Waals surface area contributed by atoms with Crippen LogP contribution >= 0.6 is 28.3 Å². The van der Waals surface area contributed by atoms with E-state index in [9.17, 15) is 0 Å². The molecule has 0 bridgehead atoms. The van der Waals surface area contributed by atoms with Gasteiger partial charge in [-0.05, 0) is 44.4 Å². The molecule has 1 aromatic carbocycles. The van der Waals surface area contributed by atoms with Gasteiger partial charge in [0.05, 0.1) is 0 Å². The fraction of sp³-hybridized carbons (Fsp3) is 0.700. The first-order valence-corrected chi connectivity index (χ1v) is 14.0. The molecule has 3 heteroatoms. The second-order valence-corrected chi connectivity index (χ2v) is 12.7. The third-order valence-corrected chi connectivity index (χ3v) is 11.5. The molecule has 0 atom stereocenters. The van der Waals surface area contributed by atoms with Crippen LogP contribution < -0.4 is 0 Å². The predicted molar refractivity (Wildman–Crippen MR) is 114 cm³/mol. The Morgan fingerprint density at radius 3 is 1.74 bits per heavy atom. The van der Waals surface area contributed by atoms with E-state index in [4.69, 9.17) is 0 Å². The average Bonchev–Trinajstić information content (AvgIpc) is 2.59. The fourth-order valence-electron chi connectivity index (χ4n) is 2.54. The van der Waals surface area contributed by atoms with Gasteiger partial charge in [-0.1, -0.05) is 105 Å². The van der Waals surface area contributed by atoms with Gasteiger partial charge in [-0.3, -0.25) is 0 Å². The highest BCUT2D eigenvalue weighted by molar-refractivity contribution is 8.98. The number of hydrogen-bond donors (Lipinski definition) is 0. The molecule has 0 fully saturated rings. The van der Waals surface area contributed by atoms with E-state index in [2.05, 4.69) is 54.6 Å². The van der Waals surface area contributed by atoms with E-state index >= 15 is 0 Å². The fourth-order valence-corrected chi connectivity index (χ4v) is 9.72. The SMILES string of the molecule is CCCCCCCP(CCCCCCC)SSc1ccccc1. The Morgan fingerprint density at radius 2 is 1.22 bits per heavy atom. The summed E-state index contributed by atoms with van der Waals surface area (Å²) in [5, 5.41) is 0. The van der Waals surface area contributed by atoms with Gasteiger partial charge in [-0.15, -0.1) is 0 Å². The summed E-state index contributed by atoms with van der Waals surface area (Å²) in [6, 6.07) is 10.9. The van der Waals surface area contributed by atoms with Crippen LogP contribution in [0.3, 0.4) is 0 Å². The van der Waals surface area contributed by atoms with E-state index in [0.717, 1.165) is 0 Å². The summed E-state index contributed by atoms with van der Waals surface area (Å²) in [5.41, 5.74) is 0. The Morgan fingerprint density at radius 1 is 0.696 bits per heavy atom. The third-order valence-electron chi connectivity index (χ3n) is 4.00. The van der Waals surface area contributed by atoms with Crippen molar-refractivity contribution in [2.24, 2.45) is 0 Å². The normalized spacial score (nSPS) is 11.3. The Bertz CT molecular complexity index is 342. The van der Waals surface area contributed by atoms with Gasteiger partial charge in [0.2, 0.25) is 0 Å². The van der Waals surface area contributed by atoms with Crippen molar-refractivity contribution < 1.29 is 0 Å². The Hall–Kier alpha value is 0.350. The van der Waals surface area contributed by atoms with E-state index in [-0.39, 0.29) is 7.12 Å². The number of hydrogen-bond acceptors (Lipinski definition) is 2. The molecule has 1 rings (SSSR count). The summed E-state index contributed by atoms with van der Waals surface area (Å²) in [7, 11) is 4.35. The molecule has 0 N–H and O–H groups in total. The molecule has 0 saturated heterocycles. The lowest BCUT2D eigenvalue weighted by atomic mass is 10.2. The summed E-state index contributed by atoms with van der Waals surface area (Å²) in [6.07, 6.45) is 17.1. The van der Waals surface area contributed by atoms with Crippen LogP contribution in [-0.4, -0.2) is 12.3 Å². The molecule has 23 heavy (non-hydrogen) atoms. The van der Waals surface area contributed by atoms with Gasteiger partial charge in [0.25, 0.3) is 0 Å². The summed E-state index contributed by atoms with van der Waals surface area (Å²) < 4.78 is 0. The molecule has 1 aromatic rings. The molecule has 0 unspecified atom stereocenters. The maximum Gasteiger partial charge on any atom is 0.0186 e. The molecule has 0 saturated carbocycles. The lowest BCUT2D eigenvalue weighted by Crippen LogP contribution is -1.89. The topological polar surface area (TPSA) is 0 Å². The van der Waals surface area contributed by atoms with E-state index in [0.29, 0.717) is 0 Å². The van der Waals surface area contributed by atoms with E-state index < -0.39 is 0 Å².